The summed E-state index contributed by atoms with van der Waals surface area (Å²) in [6.45, 7) is 5.06. The van der Waals surface area contributed by atoms with Crippen molar-refractivity contribution in [2.45, 2.75) is 13.1 Å². The number of carbonyl (C=O) groups excluding carboxylic acids is 1. The van der Waals surface area contributed by atoms with E-state index in [0.717, 1.165) is 0 Å². The molecule has 0 aliphatic heterocycles. The third-order valence-corrected chi connectivity index (χ3v) is 3.52. The Morgan fingerprint density at radius 2 is 2.04 bits per heavy atom. The van der Waals surface area contributed by atoms with Gasteiger partial charge in [0.2, 0.25) is 0 Å². The maximum atomic E-state index is 13.0. The maximum Gasteiger partial charge on any atom is 0.431 e. The second kappa shape index (κ2) is 8.59. The van der Waals surface area contributed by atoms with Crippen LogP contribution >= 0.6 is 0 Å². The number of hydrogen-bond donors (Lipinski definition) is 1. The van der Waals surface area contributed by atoms with Crippen molar-refractivity contribution < 1.29 is 32.2 Å². The summed E-state index contributed by atoms with van der Waals surface area (Å²) in [5, 5.41) is 0. The van der Waals surface area contributed by atoms with Gasteiger partial charge in [-0.2, -0.15) is 18.2 Å². The lowest BCUT2D eigenvalue weighted by Gasteiger charge is -2.16. The molecule has 2 aromatic rings. The minimum absolute atomic E-state index is 0.0191. The first-order valence-corrected chi connectivity index (χ1v) is 8.01. The average molecular weight is 398 g/mol. The first kappa shape index (κ1) is 21.0. The predicted molar refractivity (Wildman–Crippen MR) is 93.1 cm³/mol. The zero-order valence-electron chi connectivity index (χ0n) is 15.1. The second-order valence-electron chi connectivity index (χ2n) is 5.39. The SMILES string of the molecule is C=C(c1cc(C(F)(F)F)[nH]c(=O)n1)c1cccc(OC)c1OCC(=O)OCC. The van der Waals surface area contributed by atoms with Gasteiger partial charge in [-0.05, 0) is 19.1 Å². The number of esters is 1. The van der Waals surface area contributed by atoms with Crippen LogP contribution in [0.1, 0.15) is 23.9 Å². The van der Waals surface area contributed by atoms with Gasteiger partial charge < -0.3 is 19.2 Å². The van der Waals surface area contributed by atoms with E-state index in [1.54, 1.807) is 18.0 Å². The molecule has 150 valence electrons. The molecule has 1 heterocycles. The van der Waals surface area contributed by atoms with Crippen LogP contribution in [0.4, 0.5) is 13.2 Å². The molecule has 0 saturated carbocycles. The molecule has 0 radical (unpaired) electrons. The Bertz CT molecular complexity index is 938. The second-order valence-corrected chi connectivity index (χ2v) is 5.39. The van der Waals surface area contributed by atoms with Crippen LogP contribution in [0.15, 0.2) is 35.6 Å². The van der Waals surface area contributed by atoms with Crippen LogP contribution in [0.3, 0.4) is 0 Å². The summed E-state index contributed by atoms with van der Waals surface area (Å²) in [5.74, 6) is -0.374. The van der Waals surface area contributed by atoms with E-state index < -0.39 is 30.1 Å². The molecule has 10 heteroatoms. The summed E-state index contributed by atoms with van der Waals surface area (Å²) in [5.41, 5.74) is -2.56. The zero-order chi connectivity index (χ0) is 20.9. The van der Waals surface area contributed by atoms with Gasteiger partial charge in [-0.25, -0.2) is 9.59 Å². The van der Waals surface area contributed by atoms with E-state index in [1.807, 2.05) is 0 Å². The lowest BCUT2D eigenvalue weighted by molar-refractivity contribution is -0.145. The first-order valence-electron chi connectivity index (χ1n) is 8.01. The summed E-state index contributed by atoms with van der Waals surface area (Å²) >= 11 is 0. The fourth-order valence-corrected chi connectivity index (χ4v) is 2.30. The number of benzene rings is 1. The van der Waals surface area contributed by atoms with Gasteiger partial charge in [0.25, 0.3) is 0 Å². The van der Waals surface area contributed by atoms with Crippen LogP contribution in [0.2, 0.25) is 0 Å². The van der Waals surface area contributed by atoms with E-state index in [9.17, 15) is 22.8 Å². The molecule has 0 spiro atoms. The first-order chi connectivity index (χ1) is 13.2. The standard InChI is InChI=1S/C18H17F3N2O5/c1-4-27-15(24)9-28-16-11(6-5-7-13(16)26-3)10(2)12-8-14(18(19,20)21)23-17(25)22-12/h5-8H,2,4,9H2,1,3H3,(H,22,23,25). The highest BCUT2D eigenvalue weighted by molar-refractivity contribution is 5.81. The number of alkyl halides is 3. The molecule has 0 bridgehead atoms. The monoisotopic (exact) mass is 398 g/mol. The smallest absolute Gasteiger partial charge is 0.431 e. The molecule has 0 atom stereocenters. The molecule has 0 saturated heterocycles. The summed E-state index contributed by atoms with van der Waals surface area (Å²) in [7, 11) is 1.35. The van der Waals surface area contributed by atoms with Crippen molar-refractivity contribution in [1.82, 2.24) is 9.97 Å². The minimum Gasteiger partial charge on any atom is -0.493 e. The van der Waals surface area contributed by atoms with Gasteiger partial charge in [-0.3, -0.25) is 0 Å². The number of aromatic nitrogens is 2. The molecule has 1 aromatic carbocycles. The molecular formula is C18H17F3N2O5. The number of carbonyl (C=O) groups is 1. The highest BCUT2D eigenvalue weighted by Gasteiger charge is 2.33. The molecule has 0 amide bonds. The Morgan fingerprint density at radius 1 is 1.32 bits per heavy atom. The zero-order valence-corrected chi connectivity index (χ0v) is 15.1. The van der Waals surface area contributed by atoms with Crippen molar-refractivity contribution in [2.24, 2.45) is 0 Å². The summed E-state index contributed by atoms with van der Waals surface area (Å²) in [4.78, 5) is 28.3. The van der Waals surface area contributed by atoms with Gasteiger partial charge in [-0.1, -0.05) is 18.7 Å². The number of methoxy groups -OCH3 is 1. The molecule has 28 heavy (non-hydrogen) atoms. The highest BCUT2D eigenvalue weighted by Crippen LogP contribution is 2.37. The average Bonchev–Trinajstić information content (AvgIpc) is 2.64. The number of para-hydroxylation sites is 1. The third-order valence-electron chi connectivity index (χ3n) is 3.52. The van der Waals surface area contributed by atoms with E-state index >= 15 is 0 Å². The molecule has 7 nitrogen and oxygen atoms in total. The fourth-order valence-electron chi connectivity index (χ4n) is 2.30. The van der Waals surface area contributed by atoms with Crippen molar-refractivity contribution in [3.05, 3.63) is 58.3 Å². The fraction of sp³-hybridized carbons (Fsp3) is 0.278. The molecule has 2 rings (SSSR count). The normalized spacial score (nSPS) is 11.0. The van der Waals surface area contributed by atoms with Gasteiger partial charge in [0.1, 0.15) is 5.69 Å². The van der Waals surface area contributed by atoms with Crippen molar-refractivity contribution in [3.63, 3.8) is 0 Å². The largest absolute Gasteiger partial charge is 0.493 e. The van der Waals surface area contributed by atoms with Crippen LogP contribution in [0.25, 0.3) is 5.57 Å². The number of ether oxygens (including phenoxy) is 3. The van der Waals surface area contributed by atoms with Crippen LogP contribution < -0.4 is 15.2 Å². The van der Waals surface area contributed by atoms with Crippen molar-refractivity contribution in [1.29, 1.82) is 0 Å². The predicted octanol–water partition coefficient (Wildman–Crippen LogP) is 2.80. The van der Waals surface area contributed by atoms with Crippen molar-refractivity contribution >= 4 is 11.5 Å². The number of aromatic amines is 1. The van der Waals surface area contributed by atoms with Gasteiger partial charge in [0.05, 0.1) is 19.4 Å². The number of H-pyrrole nitrogens is 1. The summed E-state index contributed by atoms with van der Waals surface area (Å²) in [6, 6.07) is 5.23. The van der Waals surface area contributed by atoms with Gasteiger partial charge >= 0.3 is 17.8 Å². The topological polar surface area (TPSA) is 90.5 Å². The van der Waals surface area contributed by atoms with Crippen molar-refractivity contribution in [3.8, 4) is 11.5 Å². The van der Waals surface area contributed by atoms with Gasteiger partial charge in [0, 0.05) is 11.1 Å². The molecule has 0 aliphatic carbocycles. The molecule has 1 N–H and O–H groups in total. The highest BCUT2D eigenvalue weighted by atomic mass is 19.4. The van der Waals surface area contributed by atoms with E-state index in [-0.39, 0.29) is 34.9 Å². The Morgan fingerprint density at radius 3 is 2.64 bits per heavy atom. The van der Waals surface area contributed by atoms with Crippen LogP contribution in [0.5, 0.6) is 11.5 Å². The Balaban J connectivity index is 2.47. The maximum absolute atomic E-state index is 13.0. The Kier molecular flexibility index (Phi) is 6.45. The van der Waals surface area contributed by atoms with Gasteiger partial charge in [0.15, 0.2) is 18.1 Å². The van der Waals surface area contributed by atoms with Gasteiger partial charge in [-0.15, -0.1) is 0 Å². The summed E-state index contributed by atoms with van der Waals surface area (Å²) in [6.07, 6.45) is -4.77. The van der Waals surface area contributed by atoms with E-state index in [4.69, 9.17) is 14.2 Å². The van der Waals surface area contributed by atoms with Crippen LogP contribution in [-0.4, -0.2) is 36.3 Å². The lowest BCUT2D eigenvalue weighted by atomic mass is 10.0. The lowest BCUT2D eigenvalue weighted by Crippen LogP contribution is -2.20. The van der Waals surface area contributed by atoms with Crippen molar-refractivity contribution in [2.75, 3.05) is 20.3 Å². The number of halogens is 3. The van der Waals surface area contributed by atoms with Crippen LogP contribution in [-0.2, 0) is 15.7 Å². The summed E-state index contributed by atoms with van der Waals surface area (Å²) < 4.78 is 54.3. The van der Waals surface area contributed by atoms with Crippen LogP contribution in [0, 0.1) is 0 Å². The number of hydrogen-bond acceptors (Lipinski definition) is 6. The molecule has 0 aliphatic rings. The number of rotatable bonds is 7. The van der Waals surface area contributed by atoms with E-state index in [0.29, 0.717) is 6.07 Å². The minimum atomic E-state index is -4.77. The van der Waals surface area contributed by atoms with E-state index in [1.165, 1.54) is 19.2 Å². The molecule has 0 fully saturated rings. The quantitative estimate of drug-likeness (QED) is 0.722. The molecule has 1 aromatic heterocycles. The Hall–Kier alpha value is -3.30. The van der Waals surface area contributed by atoms with E-state index in [2.05, 4.69) is 11.6 Å². The number of nitrogens with zero attached hydrogens (tertiary/aromatic N) is 1. The Labute approximate surface area is 157 Å². The number of nitrogens with one attached hydrogen (secondary N) is 1. The molecule has 0 unspecified atom stereocenters. The third kappa shape index (κ3) is 4.90. The molecular weight excluding hydrogens is 381 g/mol.